The summed E-state index contributed by atoms with van der Waals surface area (Å²) in [5.74, 6) is 0.184. The van der Waals surface area contributed by atoms with Crippen molar-refractivity contribution in [2.24, 2.45) is 0 Å². The van der Waals surface area contributed by atoms with Crippen LogP contribution in [0.15, 0.2) is 35.4 Å². The number of fused-ring (bicyclic) bond motifs is 1. The predicted molar refractivity (Wildman–Crippen MR) is 60.8 cm³/mol. The summed E-state index contributed by atoms with van der Waals surface area (Å²) in [5, 5.41) is 13.7. The Morgan fingerprint density at radius 3 is 2.82 bits per heavy atom. The fourth-order valence-corrected chi connectivity index (χ4v) is 1.47. The van der Waals surface area contributed by atoms with Crippen molar-refractivity contribution < 1.29 is 0 Å². The molecule has 1 radical (unpaired) electrons. The largest absolute Gasteiger partial charge is 0.278 e. The number of aromatic amines is 1. The molecule has 0 bridgehead atoms. The van der Waals surface area contributed by atoms with E-state index in [0.29, 0.717) is 10.9 Å². The summed E-state index contributed by atoms with van der Waals surface area (Å²) in [6.07, 6.45) is 1.38. The van der Waals surface area contributed by atoms with E-state index in [9.17, 15) is 4.79 Å². The molecule has 0 amide bonds. The van der Waals surface area contributed by atoms with Crippen LogP contribution in [0.2, 0.25) is 0 Å². The van der Waals surface area contributed by atoms with Crippen molar-refractivity contribution in [1.29, 1.82) is 0 Å². The Hall–Kier alpha value is -1.57. The average Bonchev–Trinajstić information content (AvgIpc) is 2.83. The summed E-state index contributed by atoms with van der Waals surface area (Å²) >= 11 is 0. The fraction of sp³-hybridized carbons (Fsp3) is 0. The number of hydrogen-bond acceptors (Lipinski definition) is 5. The van der Waals surface area contributed by atoms with Crippen LogP contribution in [-0.4, -0.2) is 59.7 Å². The summed E-state index contributed by atoms with van der Waals surface area (Å²) in [4.78, 5) is 16.2. The van der Waals surface area contributed by atoms with Gasteiger partial charge in [0.25, 0.3) is 11.5 Å². The van der Waals surface area contributed by atoms with Gasteiger partial charge in [-0.3, -0.25) is 4.79 Å². The number of H-pyrrole nitrogens is 1. The molecule has 3 aromatic rings. The van der Waals surface area contributed by atoms with Crippen LogP contribution in [0.4, 0.5) is 0 Å². The van der Waals surface area contributed by atoms with Crippen molar-refractivity contribution in [2.45, 2.75) is 0 Å². The molecule has 0 aliphatic heterocycles. The Morgan fingerprint density at radius 1 is 1.24 bits per heavy atom. The maximum atomic E-state index is 12.0. The second-order valence-electron chi connectivity index (χ2n) is 3.15. The maximum absolute atomic E-state index is 12.0. The first kappa shape index (κ1) is 11.9. The fourth-order valence-electron chi connectivity index (χ4n) is 1.47. The van der Waals surface area contributed by atoms with Crippen molar-refractivity contribution >= 4 is 40.5 Å². The zero-order valence-electron chi connectivity index (χ0n) is 9.03. The van der Waals surface area contributed by atoms with Crippen LogP contribution in [0, 0.1) is 0 Å². The van der Waals surface area contributed by atoms with Crippen LogP contribution in [0.1, 0.15) is 0 Å². The van der Waals surface area contributed by atoms with E-state index in [0.717, 1.165) is 0 Å². The number of para-hydroxylation sites is 1. The van der Waals surface area contributed by atoms with E-state index in [1.165, 1.54) is 10.9 Å². The smallest absolute Gasteiger partial charge is 0.268 e. The standard InChI is InChI=1S/C9H6N6O.Na/c16-8-6-3-1-2-4-7(6)10-5-15(8)9-11-13-14-12-9;/h1-5H,(H,11,12,13,14);. The summed E-state index contributed by atoms with van der Waals surface area (Å²) in [5.41, 5.74) is 0.430. The van der Waals surface area contributed by atoms with Gasteiger partial charge in [-0.15, -0.1) is 5.10 Å². The van der Waals surface area contributed by atoms with Crippen LogP contribution in [-0.2, 0) is 0 Å². The van der Waals surface area contributed by atoms with E-state index < -0.39 is 0 Å². The molecule has 0 spiro atoms. The van der Waals surface area contributed by atoms with Gasteiger partial charge in [-0.25, -0.2) is 9.55 Å². The third-order valence-corrected chi connectivity index (χ3v) is 2.22. The van der Waals surface area contributed by atoms with E-state index >= 15 is 0 Å². The second kappa shape index (κ2) is 4.74. The Bertz CT molecular complexity index is 692. The molecule has 0 unspecified atom stereocenters. The van der Waals surface area contributed by atoms with Crippen molar-refractivity contribution in [1.82, 2.24) is 30.2 Å². The van der Waals surface area contributed by atoms with Gasteiger partial charge in [0.1, 0.15) is 6.33 Å². The molecule has 0 aliphatic rings. The monoisotopic (exact) mass is 237 g/mol. The minimum absolute atomic E-state index is 0. The minimum atomic E-state index is -0.216. The van der Waals surface area contributed by atoms with Gasteiger partial charge in [-0.1, -0.05) is 17.2 Å². The third kappa shape index (κ3) is 1.99. The minimum Gasteiger partial charge on any atom is -0.268 e. The topological polar surface area (TPSA) is 89.4 Å². The van der Waals surface area contributed by atoms with E-state index in [-0.39, 0.29) is 41.1 Å². The molecule has 0 saturated heterocycles. The Morgan fingerprint density at radius 2 is 2.06 bits per heavy atom. The first-order chi connectivity index (χ1) is 7.86. The molecule has 7 nitrogen and oxygen atoms in total. The molecule has 8 heteroatoms. The van der Waals surface area contributed by atoms with Gasteiger partial charge in [0.2, 0.25) is 0 Å². The molecule has 0 saturated carbocycles. The maximum Gasteiger partial charge on any atom is 0.278 e. The van der Waals surface area contributed by atoms with Gasteiger partial charge in [-0.05, 0) is 17.3 Å². The zero-order chi connectivity index (χ0) is 11.0. The Kier molecular flexibility index (Phi) is 3.32. The van der Waals surface area contributed by atoms with E-state index in [2.05, 4.69) is 25.6 Å². The van der Waals surface area contributed by atoms with Gasteiger partial charge in [0, 0.05) is 29.6 Å². The summed E-state index contributed by atoms with van der Waals surface area (Å²) in [6, 6.07) is 7.10. The number of rotatable bonds is 1. The summed E-state index contributed by atoms with van der Waals surface area (Å²) in [6.45, 7) is 0. The Balaban J connectivity index is 0.00000108. The van der Waals surface area contributed by atoms with E-state index in [1.807, 2.05) is 6.07 Å². The third-order valence-electron chi connectivity index (χ3n) is 2.22. The molecular weight excluding hydrogens is 231 g/mol. The van der Waals surface area contributed by atoms with Crippen molar-refractivity contribution in [3.05, 3.63) is 40.9 Å². The summed E-state index contributed by atoms with van der Waals surface area (Å²) < 4.78 is 1.24. The normalized spacial score (nSPS) is 10.1. The molecule has 0 atom stereocenters. The van der Waals surface area contributed by atoms with Gasteiger partial charge in [0.05, 0.1) is 10.9 Å². The van der Waals surface area contributed by atoms with Crippen LogP contribution < -0.4 is 5.56 Å². The van der Waals surface area contributed by atoms with E-state index in [1.54, 1.807) is 18.2 Å². The van der Waals surface area contributed by atoms with Gasteiger partial charge in [0.15, 0.2) is 0 Å². The number of benzene rings is 1. The van der Waals surface area contributed by atoms with Crippen LogP contribution in [0.5, 0.6) is 0 Å². The van der Waals surface area contributed by atoms with Crippen molar-refractivity contribution in [3.63, 3.8) is 0 Å². The predicted octanol–water partition coefficient (Wildman–Crippen LogP) is -0.482. The Labute approximate surface area is 117 Å². The first-order valence-electron chi connectivity index (χ1n) is 4.56. The molecule has 0 fully saturated rings. The first-order valence-corrected chi connectivity index (χ1v) is 4.56. The summed E-state index contributed by atoms with van der Waals surface area (Å²) in [7, 11) is 0. The van der Waals surface area contributed by atoms with Gasteiger partial charge >= 0.3 is 0 Å². The van der Waals surface area contributed by atoms with Gasteiger partial charge in [-0.2, -0.15) is 5.21 Å². The van der Waals surface area contributed by atoms with Crippen LogP contribution in [0.3, 0.4) is 0 Å². The van der Waals surface area contributed by atoms with Crippen molar-refractivity contribution in [2.75, 3.05) is 0 Å². The van der Waals surface area contributed by atoms with Crippen molar-refractivity contribution in [3.8, 4) is 5.95 Å². The number of nitrogens with one attached hydrogen (secondary N) is 1. The molecule has 2 aromatic heterocycles. The number of hydrogen-bond donors (Lipinski definition) is 1. The molecule has 1 N–H and O–H groups in total. The molecule has 79 valence electrons. The molecular formula is C9H6N6NaO. The van der Waals surface area contributed by atoms with Gasteiger partial charge < -0.3 is 0 Å². The molecule has 2 heterocycles. The van der Waals surface area contributed by atoms with E-state index in [4.69, 9.17) is 0 Å². The molecule has 17 heavy (non-hydrogen) atoms. The number of tetrazole rings is 1. The zero-order valence-corrected chi connectivity index (χ0v) is 11.0. The average molecular weight is 237 g/mol. The molecule has 1 aromatic carbocycles. The molecule has 3 rings (SSSR count). The number of aromatic nitrogens is 6. The SMILES string of the molecule is O=c1c2ccccc2ncn1-c1nn[nH]n1.[Na]. The number of nitrogens with zero attached hydrogens (tertiary/aromatic N) is 5. The molecule has 0 aliphatic carbocycles. The van der Waals surface area contributed by atoms with Crippen LogP contribution >= 0.6 is 0 Å². The quantitative estimate of drug-likeness (QED) is 0.577. The second-order valence-corrected chi connectivity index (χ2v) is 3.15. The van der Waals surface area contributed by atoms with Crippen LogP contribution in [0.25, 0.3) is 16.9 Å².